The second kappa shape index (κ2) is 5.30. The van der Waals surface area contributed by atoms with Crippen molar-refractivity contribution < 1.29 is 18.0 Å². The monoisotopic (exact) mass is 287 g/mol. The number of aromatic nitrogens is 1. The van der Waals surface area contributed by atoms with Gasteiger partial charge in [0.1, 0.15) is 5.69 Å². The number of anilines is 1. The summed E-state index contributed by atoms with van der Waals surface area (Å²) in [6.45, 7) is 4.50. The number of halogens is 3. The number of hydrogen-bond donors (Lipinski definition) is 1. The predicted molar refractivity (Wildman–Crippen MR) is 68.4 cm³/mol. The van der Waals surface area contributed by atoms with Crippen molar-refractivity contribution in [1.29, 1.82) is 0 Å². The normalized spacial score (nSPS) is 20.9. The lowest BCUT2D eigenvalue weighted by Crippen LogP contribution is -2.32. The van der Waals surface area contributed by atoms with Gasteiger partial charge >= 0.3 is 12.2 Å². The van der Waals surface area contributed by atoms with Crippen LogP contribution in [0.1, 0.15) is 26.0 Å². The molecule has 7 heteroatoms. The molecule has 1 aromatic rings. The van der Waals surface area contributed by atoms with E-state index in [1.807, 2.05) is 13.8 Å². The SMILES string of the molecule is CCC(C)[C@H]1CN(c2ccc(C(F)(F)F)nc2)C(=O)N1. The minimum Gasteiger partial charge on any atom is -0.333 e. The number of carbonyl (C=O) groups is 1. The zero-order valence-corrected chi connectivity index (χ0v) is 11.2. The highest BCUT2D eigenvalue weighted by Crippen LogP contribution is 2.29. The van der Waals surface area contributed by atoms with Gasteiger partial charge in [0.05, 0.1) is 17.9 Å². The average molecular weight is 287 g/mol. The molecule has 1 N–H and O–H groups in total. The first-order chi connectivity index (χ1) is 9.32. The highest BCUT2D eigenvalue weighted by molar-refractivity contribution is 5.94. The Labute approximate surface area is 115 Å². The molecule has 4 nitrogen and oxygen atoms in total. The molecule has 0 bridgehead atoms. The van der Waals surface area contributed by atoms with Crippen LogP contribution in [-0.4, -0.2) is 23.6 Å². The number of pyridine rings is 1. The van der Waals surface area contributed by atoms with E-state index in [0.717, 1.165) is 18.7 Å². The van der Waals surface area contributed by atoms with E-state index in [0.29, 0.717) is 18.2 Å². The fraction of sp³-hybridized carbons (Fsp3) is 0.538. The molecule has 1 aromatic heterocycles. The Morgan fingerprint density at radius 1 is 1.50 bits per heavy atom. The molecule has 0 spiro atoms. The smallest absolute Gasteiger partial charge is 0.333 e. The van der Waals surface area contributed by atoms with Gasteiger partial charge in [-0.3, -0.25) is 4.90 Å². The maximum Gasteiger partial charge on any atom is 0.433 e. The second-order valence-corrected chi connectivity index (χ2v) is 4.95. The van der Waals surface area contributed by atoms with Crippen LogP contribution in [0.5, 0.6) is 0 Å². The maximum atomic E-state index is 12.4. The lowest BCUT2D eigenvalue weighted by atomic mass is 10.0. The van der Waals surface area contributed by atoms with Gasteiger partial charge in [-0.25, -0.2) is 9.78 Å². The molecule has 0 aromatic carbocycles. The quantitative estimate of drug-likeness (QED) is 0.928. The summed E-state index contributed by atoms with van der Waals surface area (Å²) in [6, 6.07) is 1.87. The number of nitrogens with one attached hydrogen (secondary N) is 1. The Morgan fingerprint density at radius 3 is 2.70 bits per heavy atom. The van der Waals surface area contributed by atoms with Crippen molar-refractivity contribution in [2.45, 2.75) is 32.5 Å². The maximum absolute atomic E-state index is 12.4. The Balaban J connectivity index is 2.14. The number of nitrogens with zero attached hydrogens (tertiary/aromatic N) is 2. The Hall–Kier alpha value is -1.79. The molecule has 2 atom stereocenters. The number of amides is 2. The first-order valence-electron chi connectivity index (χ1n) is 6.44. The Kier molecular flexibility index (Phi) is 3.87. The summed E-state index contributed by atoms with van der Waals surface area (Å²) in [5.41, 5.74) is -0.583. The van der Waals surface area contributed by atoms with Crippen molar-refractivity contribution in [3.8, 4) is 0 Å². The molecule has 2 heterocycles. The number of carbonyl (C=O) groups excluding carboxylic acids is 1. The zero-order chi connectivity index (χ0) is 14.9. The van der Waals surface area contributed by atoms with E-state index >= 15 is 0 Å². The third kappa shape index (κ3) is 2.86. The molecule has 1 aliphatic heterocycles. The van der Waals surface area contributed by atoms with Crippen LogP contribution in [0, 0.1) is 5.92 Å². The van der Waals surface area contributed by atoms with Gasteiger partial charge in [-0.05, 0) is 18.1 Å². The number of rotatable bonds is 3. The molecule has 0 saturated carbocycles. The van der Waals surface area contributed by atoms with Gasteiger partial charge in [0.25, 0.3) is 0 Å². The van der Waals surface area contributed by atoms with Gasteiger partial charge < -0.3 is 5.32 Å². The number of urea groups is 1. The summed E-state index contributed by atoms with van der Waals surface area (Å²) < 4.78 is 37.3. The van der Waals surface area contributed by atoms with Crippen molar-refractivity contribution in [3.05, 3.63) is 24.0 Å². The molecule has 0 aliphatic carbocycles. The molecular formula is C13H16F3N3O. The summed E-state index contributed by atoms with van der Waals surface area (Å²) >= 11 is 0. The highest BCUT2D eigenvalue weighted by atomic mass is 19.4. The first kappa shape index (κ1) is 14.6. The number of hydrogen-bond acceptors (Lipinski definition) is 2. The highest BCUT2D eigenvalue weighted by Gasteiger charge is 2.35. The second-order valence-electron chi connectivity index (χ2n) is 4.95. The van der Waals surface area contributed by atoms with E-state index < -0.39 is 11.9 Å². The molecule has 1 aliphatic rings. The molecular weight excluding hydrogens is 271 g/mol. The summed E-state index contributed by atoms with van der Waals surface area (Å²) in [5.74, 6) is 0.311. The van der Waals surface area contributed by atoms with Crippen LogP contribution in [-0.2, 0) is 6.18 Å². The Morgan fingerprint density at radius 2 is 2.20 bits per heavy atom. The Bertz CT molecular complexity index is 487. The van der Waals surface area contributed by atoms with Crippen LogP contribution in [0.2, 0.25) is 0 Å². The summed E-state index contributed by atoms with van der Waals surface area (Å²) in [5, 5.41) is 2.83. The van der Waals surface area contributed by atoms with Crippen LogP contribution in [0.4, 0.5) is 23.7 Å². The van der Waals surface area contributed by atoms with E-state index in [1.54, 1.807) is 0 Å². The largest absolute Gasteiger partial charge is 0.433 e. The predicted octanol–water partition coefficient (Wildman–Crippen LogP) is 3.04. The molecule has 0 radical (unpaired) electrons. The molecule has 2 amide bonds. The minimum atomic E-state index is -4.47. The lowest BCUT2D eigenvalue weighted by molar-refractivity contribution is -0.141. The zero-order valence-electron chi connectivity index (χ0n) is 11.2. The molecule has 1 unspecified atom stereocenters. The van der Waals surface area contributed by atoms with Crippen LogP contribution < -0.4 is 10.2 Å². The van der Waals surface area contributed by atoms with Crippen molar-refractivity contribution in [1.82, 2.24) is 10.3 Å². The van der Waals surface area contributed by atoms with Crippen molar-refractivity contribution >= 4 is 11.7 Å². The van der Waals surface area contributed by atoms with E-state index in [1.165, 1.54) is 11.0 Å². The van der Waals surface area contributed by atoms with E-state index in [9.17, 15) is 18.0 Å². The number of alkyl halides is 3. The van der Waals surface area contributed by atoms with Gasteiger partial charge in [-0.1, -0.05) is 20.3 Å². The average Bonchev–Trinajstić information content (AvgIpc) is 2.79. The van der Waals surface area contributed by atoms with Crippen molar-refractivity contribution in [3.63, 3.8) is 0 Å². The third-order valence-electron chi connectivity index (χ3n) is 3.61. The van der Waals surface area contributed by atoms with Crippen LogP contribution >= 0.6 is 0 Å². The fourth-order valence-corrected chi connectivity index (χ4v) is 2.10. The molecule has 1 saturated heterocycles. The standard InChI is InChI=1S/C13H16F3N3O/c1-3-8(2)10-7-19(12(20)18-10)9-4-5-11(17-6-9)13(14,15)16/h4-6,8,10H,3,7H2,1-2H3,(H,18,20)/t8?,10-/m1/s1. The third-order valence-corrected chi connectivity index (χ3v) is 3.61. The van der Waals surface area contributed by atoms with Crippen LogP contribution in [0.3, 0.4) is 0 Å². The van der Waals surface area contributed by atoms with Gasteiger partial charge in [-0.2, -0.15) is 13.2 Å². The lowest BCUT2D eigenvalue weighted by Gasteiger charge is -2.17. The minimum absolute atomic E-state index is 0.00907. The van der Waals surface area contributed by atoms with Gasteiger partial charge in [0, 0.05) is 6.54 Å². The summed E-state index contributed by atoms with van der Waals surface area (Å²) in [6.07, 6.45) is -2.46. The first-order valence-corrected chi connectivity index (χ1v) is 6.44. The molecule has 110 valence electrons. The molecule has 2 rings (SSSR count). The van der Waals surface area contributed by atoms with Gasteiger partial charge in [-0.15, -0.1) is 0 Å². The summed E-state index contributed by atoms with van der Waals surface area (Å²) in [4.78, 5) is 16.6. The van der Waals surface area contributed by atoms with E-state index in [2.05, 4.69) is 10.3 Å². The van der Waals surface area contributed by atoms with Crippen molar-refractivity contribution in [2.75, 3.05) is 11.4 Å². The van der Waals surface area contributed by atoms with E-state index in [-0.39, 0.29) is 12.1 Å². The molecule has 20 heavy (non-hydrogen) atoms. The fourth-order valence-electron chi connectivity index (χ4n) is 2.10. The van der Waals surface area contributed by atoms with Crippen molar-refractivity contribution in [2.24, 2.45) is 5.92 Å². The van der Waals surface area contributed by atoms with E-state index in [4.69, 9.17) is 0 Å². The summed E-state index contributed by atoms with van der Waals surface area (Å²) in [7, 11) is 0. The van der Waals surface area contributed by atoms with Gasteiger partial charge in [0.2, 0.25) is 0 Å². The molecule has 1 fully saturated rings. The van der Waals surface area contributed by atoms with Crippen LogP contribution in [0.15, 0.2) is 18.3 Å². The topological polar surface area (TPSA) is 45.2 Å². The van der Waals surface area contributed by atoms with Gasteiger partial charge in [0.15, 0.2) is 0 Å². The van der Waals surface area contributed by atoms with Crippen LogP contribution in [0.25, 0.3) is 0 Å².